The number of furan rings is 1. The number of benzene rings is 2. The lowest BCUT2D eigenvalue weighted by Crippen LogP contribution is -2.36. The van der Waals surface area contributed by atoms with Gasteiger partial charge in [-0.15, -0.1) is 0 Å². The number of nitrogens with zero attached hydrogens (tertiary/aromatic N) is 1. The van der Waals surface area contributed by atoms with Crippen LogP contribution in [0.15, 0.2) is 83.5 Å². The van der Waals surface area contributed by atoms with Crippen molar-refractivity contribution in [2.75, 3.05) is 11.9 Å². The molecule has 0 aliphatic carbocycles. The van der Waals surface area contributed by atoms with Crippen LogP contribution in [0.1, 0.15) is 11.3 Å². The lowest BCUT2D eigenvalue weighted by atomic mass is 10.2. The maximum atomic E-state index is 12.7. The number of hydrogen-bond donors (Lipinski definition) is 1. The summed E-state index contributed by atoms with van der Waals surface area (Å²) >= 11 is 6.12. The topological polar surface area (TPSA) is 62.6 Å². The molecule has 2 aromatic carbocycles. The minimum Gasteiger partial charge on any atom is -0.467 e. The molecule has 5 nitrogen and oxygen atoms in total. The van der Waals surface area contributed by atoms with Crippen molar-refractivity contribution in [2.24, 2.45) is 0 Å². The van der Waals surface area contributed by atoms with Gasteiger partial charge in [0.25, 0.3) is 0 Å². The van der Waals surface area contributed by atoms with Crippen LogP contribution >= 0.6 is 11.6 Å². The van der Waals surface area contributed by atoms with E-state index >= 15 is 0 Å². The number of carbonyl (C=O) groups is 2. The molecular weight excluding hydrogens is 376 g/mol. The maximum absolute atomic E-state index is 12.7. The molecule has 142 valence electrons. The molecule has 1 heterocycles. The normalized spacial score (nSPS) is 10.8. The Bertz CT molecular complexity index is 953. The summed E-state index contributed by atoms with van der Waals surface area (Å²) in [6.07, 6.45) is 4.57. The molecule has 1 aromatic heterocycles. The summed E-state index contributed by atoms with van der Waals surface area (Å²) in [6.45, 7) is 0.0716. The first-order valence-electron chi connectivity index (χ1n) is 8.70. The molecule has 3 aromatic rings. The Morgan fingerprint density at radius 2 is 1.75 bits per heavy atom. The van der Waals surface area contributed by atoms with Crippen molar-refractivity contribution in [1.29, 1.82) is 0 Å². The molecule has 3 rings (SSSR count). The lowest BCUT2D eigenvalue weighted by molar-refractivity contribution is -0.131. The highest BCUT2D eigenvalue weighted by Gasteiger charge is 2.17. The molecule has 6 heteroatoms. The molecule has 0 atom stereocenters. The molecule has 0 fully saturated rings. The van der Waals surface area contributed by atoms with Gasteiger partial charge < -0.3 is 14.6 Å². The zero-order valence-corrected chi connectivity index (χ0v) is 15.8. The van der Waals surface area contributed by atoms with Crippen LogP contribution in [0.4, 0.5) is 5.69 Å². The van der Waals surface area contributed by atoms with E-state index in [4.69, 9.17) is 16.0 Å². The van der Waals surface area contributed by atoms with Gasteiger partial charge in [0.2, 0.25) is 11.8 Å². The summed E-state index contributed by atoms with van der Waals surface area (Å²) in [6, 6.07) is 19.8. The van der Waals surface area contributed by atoms with E-state index in [1.54, 1.807) is 36.4 Å². The van der Waals surface area contributed by atoms with E-state index in [0.717, 1.165) is 5.56 Å². The Morgan fingerprint density at radius 3 is 2.46 bits per heavy atom. The van der Waals surface area contributed by atoms with Gasteiger partial charge in [0.15, 0.2) is 0 Å². The second kappa shape index (κ2) is 9.58. The van der Waals surface area contributed by atoms with Crippen molar-refractivity contribution in [3.05, 3.63) is 95.4 Å². The number of carbonyl (C=O) groups excluding carboxylic acids is 2. The third-order valence-corrected chi connectivity index (χ3v) is 4.29. The van der Waals surface area contributed by atoms with E-state index in [9.17, 15) is 9.59 Å². The Balaban J connectivity index is 1.71. The van der Waals surface area contributed by atoms with Crippen molar-refractivity contribution >= 4 is 35.2 Å². The SMILES string of the molecule is O=C(CN(Cc1ccco1)C(=O)/C=C/c1ccccc1Cl)Nc1ccccc1. The number of rotatable bonds is 7. The van der Waals surface area contributed by atoms with Gasteiger partial charge >= 0.3 is 0 Å². The van der Waals surface area contributed by atoms with E-state index < -0.39 is 0 Å². The number of hydrogen-bond acceptors (Lipinski definition) is 3. The van der Waals surface area contributed by atoms with Gasteiger partial charge in [0.05, 0.1) is 12.8 Å². The minimum atomic E-state index is -0.320. The predicted molar refractivity (Wildman–Crippen MR) is 110 cm³/mol. The first kappa shape index (κ1) is 19.5. The fourth-order valence-electron chi connectivity index (χ4n) is 2.57. The van der Waals surface area contributed by atoms with E-state index in [-0.39, 0.29) is 24.9 Å². The Kier molecular flexibility index (Phi) is 6.65. The number of nitrogens with one attached hydrogen (secondary N) is 1. The molecule has 0 spiro atoms. The van der Waals surface area contributed by atoms with Crippen LogP contribution in [0.5, 0.6) is 0 Å². The van der Waals surface area contributed by atoms with Crippen LogP contribution in [-0.2, 0) is 16.1 Å². The van der Waals surface area contributed by atoms with Crippen molar-refractivity contribution in [1.82, 2.24) is 4.90 Å². The minimum absolute atomic E-state index is 0.110. The molecule has 28 heavy (non-hydrogen) atoms. The van der Waals surface area contributed by atoms with Crippen LogP contribution < -0.4 is 5.32 Å². The van der Waals surface area contributed by atoms with Gasteiger partial charge in [-0.2, -0.15) is 0 Å². The fourth-order valence-corrected chi connectivity index (χ4v) is 2.77. The highest BCUT2D eigenvalue weighted by molar-refractivity contribution is 6.32. The highest BCUT2D eigenvalue weighted by Crippen LogP contribution is 2.17. The maximum Gasteiger partial charge on any atom is 0.247 e. The monoisotopic (exact) mass is 394 g/mol. The van der Waals surface area contributed by atoms with E-state index in [0.29, 0.717) is 16.5 Å². The molecule has 0 aliphatic heterocycles. The second-order valence-electron chi connectivity index (χ2n) is 6.04. The van der Waals surface area contributed by atoms with Crippen molar-refractivity contribution in [3.63, 3.8) is 0 Å². The molecular formula is C22H19ClN2O3. The van der Waals surface area contributed by atoms with Gasteiger partial charge in [-0.25, -0.2) is 0 Å². The molecule has 0 bridgehead atoms. The first-order chi connectivity index (χ1) is 13.6. The zero-order chi connectivity index (χ0) is 19.8. The number of anilines is 1. The second-order valence-corrected chi connectivity index (χ2v) is 6.45. The summed E-state index contributed by atoms with van der Waals surface area (Å²) in [5.41, 5.74) is 1.40. The van der Waals surface area contributed by atoms with E-state index in [1.807, 2.05) is 36.4 Å². The van der Waals surface area contributed by atoms with Crippen LogP contribution in [0.3, 0.4) is 0 Å². The molecule has 0 aliphatic rings. The molecule has 0 radical (unpaired) electrons. The van der Waals surface area contributed by atoms with Crippen molar-refractivity contribution in [2.45, 2.75) is 6.54 Å². The van der Waals surface area contributed by atoms with Gasteiger partial charge in [-0.05, 0) is 42.0 Å². The standard InChI is InChI=1S/C22H19ClN2O3/c23-20-11-5-4-7-17(20)12-13-22(27)25(15-19-10-6-14-28-19)16-21(26)24-18-8-2-1-3-9-18/h1-14H,15-16H2,(H,24,26)/b13-12+. The molecule has 0 saturated heterocycles. The third kappa shape index (κ3) is 5.59. The summed E-state index contributed by atoms with van der Waals surface area (Å²) in [5.74, 6) is -0.0243. The number of halogens is 1. The lowest BCUT2D eigenvalue weighted by Gasteiger charge is -2.19. The number of amides is 2. The zero-order valence-electron chi connectivity index (χ0n) is 15.0. The predicted octanol–water partition coefficient (Wildman–Crippen LogP) is 4.61. The quantitative estimate of drug-likeness (QED) is 0.595. The third-order valence-electron chi connectivity index (χ3n) is 3.94. The fraction of sp³-hybridized carbons (Fsp3) is 0.0909. The number of para-hydroxylation sites is 1. The molecule has 0 saturated carbocycles. The Labute approximate surface area is 168 Å². The first-order valence-corrected chi connectivity index (χ1v) is 9.08. The van der Waals surface area contributed by atoms with Crippen LogP contribution in [-0.4, -0.2) is 23.3 Å². The Hall–Kier alpha value is -3.31. The summed E-state index contributed by atoms with van der Waals surface area (Å²) in [4.78, 5) is 26.5. The molecule has 1 N–H and O–H groups in total. The van der Waals surface area contributed by atoms with E-state index in [1.165, 1.54) is 17.2 Å². The van der Waals surface area contributed by atoms with Crippen LogP contribution in [0.25, 0.3) is 6.08 Å². The summed E-state index contributed by atoms with van der Waals surface area (Å²) in [5, 5.41) is 3.33. The van der Waals surface area contributed by atoms with Crippen molar-refractivity contribution < 1.29 is 14.0 Å². The summed E-state index contributed by atoms with van der Waals surface area (Å²) in [7, 11) is 0. The average Bonchev–Trinajstić information content (AvgIpc) is 3.20. The van der Waals surface area contributed by atoms with E-state index in [2.05, 4.69) is 5.32 Å². The van der Waals surface area contributed by atoms with Crippen LogP contribution in [0, 0.1) is 0 Å². The average molecular weight is 395 g/mol. The van der Waals surface area contributed by atoms with Gasteiger partial charge in [-0.1, -0.05) is 48.0 Å². The van der Waals surface area contributed by atoms with Gasteiger partial charge in [0, 0.05) is 16.8 Å². The highest BCUT2D eigenvalue weighted by atomic mass is 35.5. The van der Waals surface area contributed by atoms with Gasteiger partial charge in [-0.3, -0.25) is 9.59 Å². The van der Waals surface area contributed by atoms with Crippen LogP contribution in [0.2, 0.25) is 5.02 Å². The Morgan fingerprint density at radius 1 is 1.00 bits per heavy atom. The summed E-state index contributed by atoms with van der Waals surface area (Å²) < 4.78 is 5.33. The molecule has 2 amide bonds. The van der Waals surface area contributed by atoms with Crippen molar-refractivity contribution in [3.8, 4) is 0 Å². The van der Waals surface area contributed by atoms with Gasteiger partial charge in [0.1, 0.15) is 12.3 Å². The smallest absolute Gasteiger partial charge is 0.247 e. The largest absolute Gasteiger partial charge is 0.467 e. The molecule has 0 unspecified atom stereocenters.